The molecule has 0 spiro atoms. The molecule has 1 aliphatic heterocycles. The Morgan fingerprint density at radius 1 is 1.07 bits per heavy atom. The fourth-order valence-electron chi connectivity index (χ4n) is 4.01. The van der Waals surface area contributed by atoms with E-state index in [0.717, 1.165) is 31.5 Å². The van der Waals surface area contributed by atoms with Crippen molar-refractivity contribution in [1.29, 1.82) is 0 Å². The van der Waals surface area contributed by atoms with E-state index in [2.05, 4.69) is 34.7 Å². The lowest BCUT2D eigenvalue weighted by atomic mass is 9.89. The van der Waals surface area contributed by atoms with Gasteiger partial charge in [-0.1, -0.05) is 30.3 Å². The topological polar surface area (TPSA) is 65.2 Å². The average Bonchev–Trinajstić information content (AvgIpc) is 3.21. The van der Waals surface area contributed by atoms with Crippen LogP contribution >= 0.6 is 0 Å². The molecule has 4 rings (SSSR count). The highest BCUT2D eigenvalue weighted by molar-refractivity contribution is 5.95. The first-order valence-corrected chi connectivity index (χ1v) is 10.0. The normalized spacial score (nSPS) is 15.1. The zero-order valence-electron chi connectivity index (χ0n) is 16.5. The lowest BCUT2D eigenvalue weighted by molar-refractivity contribution is -0.126. The summed E-state index contributed by atoms with van der Waals surface area (Å²) in [6.07, 6.45) is 7.50. The van der Waals surface area contributed by atoms with Gasteiger partial charge < -0.3 is 15.2 Å². The Kier molecular flexibility index (Phi) is 5.47. The number of hydrogen-bond acceptors (Lipinski definition) is 2. The molecule has 1 saturated heterocycles. The van der Waals surface area contributed by atoms with Crippen LogP contribution in [0.25, 0.3) is 17.0 Å². The second-order valence-corrected chi connectivity index (χ2v) is 7.42. The third kappa shape index (κ3) is 4.09. The molecule has 1 aromatic heterocycles. The molecule has 1 fully saturated rings. The smallest absolute Gasteiger partial charge is 0.251 e. The van der Waals surface area contributed by atoms with Gasteiger partial charge in [-0.15, -0.1) is 0 Å². The molecule has 29 heavy (non-hydrogen) atoms. The summed E-state index contributed by atoms with van der Waals surface area (Å²) in [5.74, 6) is 0.406. The van der Waals surface area contributed by atoms with Crippen LogP contribution in [0.15, 0.2) is 60.8 Å². The van der Waals surface area contributed by atoms with E-state index in [1.807, 2.05) is 29.2 Å². The van der Waals surface area contributed by atoms with Gasteiger partial charge in [-0.05, 0) is 54.2 Å². The first-order valence-electron chi connectivity index (χ1n) is 10.0. The van der Waals surface area contributed by atoms with Crippen molar-refractivity contribution in [2.24, 2.45) is 0 Å². The number of carbonyl (C=O) groups excluding carboxylic acids is 2. The molecule has 0 radical (unpaired) electrons. The largest absolute Gasteiger partial charge is 0.361 e. The van der Waals surface area contributed by atoms with Crippen molar-refractivity contribution >= 4 is 28.8 Å². The van der Waals surface area contributed by atoms with Crippen molar-refractivity contribution < 1.29 is 9.59 Å². The summed E-state index contributed by atoms with van der Waals surface area (Å²) in [6, 6.07) is 15.6. The maximum atomic E-state index is 12.6. The summed E-state index contributed by atoms with van der Waals surface area (Å²) in [5.41, 5.74) is 4.04. The van der Waals surface area contributed by atoms with E-state index in [9.17, 15) is 9.59 Å². The second-order valence-electron chi connectivity index (χ2n) is 7.42. The Labute approximate surface area is 170 Å². The van der Waals surface area contributed by atoms with Crippen LogP contribution in [0.4, 0.5) is 0 Å². The van der Waals surface area contributed by atoms with Gasteiger partial charge in [0.2, 0.25) is 5.91 Å². The molecule has 2 heterocycles. The van der Waals surface area contributed by atoms with Crippen LogP contribution in [0.5, 0.6) is 0 Å². The fourth-order valence-corrected chi connectivity index (χ4v) is 4.01. The maximum absolute atomic E-state index is 12.6. The molecule has 5 nitrogen and oxygen atoms in total. The lowest BCUT2D eigenvalue weighted by Crippen LogP contribution is -2.36. The van der Waals surface area contributed by atoms with E-state index in [1.165, 1.54) is 16.5 Å². The van der Waals surface area contributed by atoms with Crippen molar-refractivity contribution in [2.75, 3.05) is 20.1 Å². The minimum absolute atomic E-state index is 0.0396. The maximum Gasteiger partial charge on any atom is 0.251 e. The van der Waals surface area contributed by atoms with Crippen LogP contribution < -0.4 is 5.32 Å². The average molecular weight is 387 g/mol. The highest BCUT2D eigenvalue weighted by atomic mass is 16.2. The van der Waals surface area contributed by atoms with E-state index < -0.39 is 0 Å². The van der Waals surface area contributed by atoms with Gasteiger partial charge in [0.05, 0.1) is 0 Å². The summed E-state index contributed by atoms with van der Waals surface area (Å²) >= 11 is 0. The van der Waals surface area contributed by atoms with Crippen LogP contribution in [-0.2, 0) is 4.79 Å². The Morgan fingerprint density at radius 2 is 1.79 bits per heavy atom. The summed E-state index contributed by atoms with van der Waals surface area (Å²) in [6.45, 7) is 1.53. The van der Waals surface area contributed by atoms with Crippen LogP contribution in [0.2, 0.25) is 0 Å². The molecule has 5 heteroatoms. The number of benzene rings is 2. The third-order valence-corrected chi connectivity index (χ3v) is 5.69. The van der Waals surface area contributed by atoms with Gasteiger partial charge in [-0.2, -0.15) is 0 Å². The van der Waals surface area contributed by atoms with Crippen molar-refractivity contribution in [1.82, 2.24) is 15.2 Å². The highest BCUT2D eigenvalue weighted by Crippen LogP contribution is 2.33. The van der Waals surface area contributed by atoms with Gasteiger partial charge in [-0.25, -0.2) is 0 Å². The Morgan fingerprint density at radius 3 is 2.52 bits per heavy atom. The second kappa shape index (κ2) is 8.35. The number of aromatic amines is 1. The Bertz CT molecular complexity index is 1040. The number of carbonyl (C=O) groups is 2. The van der Waals surface area contributed by atoms with Gasteiger partial charge in [0, 0.05) is 48.9 Å². The molecule has 0 aliphatic carbocycles. The molecule has 2 amide bonds. The van der Waals surface area contributed by atoms with Crippen molar-refractivity contribution in [2.45, 2.75) is 18.8 Å². The van der Waals surface area contributed by atoms with Gasteiger partial charge in [0.15, 0.2) is 0 Å². The summed E-state index contributed by atoms with van der Waals surface area (Å²) < 4.78 is 0. The Balaban J connectivity index is 1.35. The number of hydrogen-bond donors (Lipinski definition) is 2. The van der Waals surface area contributed by atoms with E-state index in [0.29, 0.717) is 11.5 Å². The number of aromatic nitrogens is 1. The molecular formula is C24H25N3O2. The number of fused-ring (bicyclic) bond motifs is 1. The number of likely N-dealkylation sites (tertiary alicyclic amines) is 1. The number of amides is 2. The first-order chi connectivity index (χ1) is 14.2. The van der Waals surface area contributed by atoms with E-state index in [-0.39, 0.29) is 11.8 Å². The molecule has 2 aromatic carbocycles. The molecule has 3 aromatic rings. The summed E-state index contributed by atoms with van der Waals surface area (Å²) in [4.78, 5) is 29.4. The minimum atomic E-state index is -0.116. The number of piperidine rings is 1. The molecule has 2 N–H and O–H groups in total. The molecular weight excluding hydrogens is 362 g/mol. The van der Waals surface area contributed by atoms with Gasteiger partial charge in [-0.3, -0.25) is 9.59 Å². The minimum Gasteiger partial charge on any atom is -0.361 e. The number of nitrogens with zero attached hydrogens (tertiary/aromatic N) is 1. The van der Waals surface area contributed by atoms with E-state index in [4.69, 9.17) is 0 Å². The SMILES string of the molecule is CNC(=O)c1ccc(/C=C/C(=O)N2CCC(c3c[nH]c4ccccc34)CC2)cc1. The summed E-state index contributed by atoms with van der Waals surface area (Å²) in [7, 11) is 1.61. The Hall–Kier alpha value is -3.34. The van der Waals surface area contributed by atoms with Crippen molar-refractivity contribution in [3.63, 3.8) is 0 Å². The zero-order chi connectivity index (χ0) is 20.2. The van der Waals surface area contributed by atoms with E-state index >= 15 is 0 Å². The fraction of sp³-hybridized carbons (Fsp3) is 0.250. The van der Waals surface area contributed by atoms with Gasteiger partial charge in [0.1, 0.15) is 0 Å². The van der Waals surface area contributed by atoms with Crippen molar-refractivity contribution in [3.8, 4) is 0 Å². The lowest BCUT2D eigenvalue weighted by Gasteiger charge is -2.31. The van der Waals surface area contributed by atoms with E-state index in [1.54, 1.807) is 25.3 Å². The summed E-state index contributed by atoms with van der Waals surface area (Å²) in [5, 5.41) is 3.89. The number of para-hydroxylation sites is 1. The molecule has 0 saturated carbocycles. The van der Waals surface area contributed by atoms with Crippen LogP contribution in [0.1, 0.15) is 40.2 Å². The molecule has 0 bridgehead atoms. The van der Waals surface area contributed by atoms with Crippen molar-refractivity contribution in [3.05, 3.63) is 77.5 Å². The standard InChI is InChI=1S/C24H25N3O2/c1-25-24(29)19-9-6-17(7-10-19)8-11-23(28)27-14-12-18(13-15-27)21-16-26-22-5-3-2-4-20(21)22/h2-11,16,18,26H,12-15H2,1H3,(H,25,29)/b11-8+. The number of H-pyrrole nitrogens is 1. The van der Waals surface area contributed by atoms with Crippen LogP contribution in [0, 0.1) is 0 Å². The third-order valence-electron chi connectivity index (χ3n) is 5.69. The molecule has 0 atom stereocenters. The molecule has 148 valence electrons. The first kappa shape index (κ1) is 19.0. The van der Waals surface area contributed by atoms with Gasteiger partial charge in [0.25, 0.3) is 5.91 Å². The van der Waals surface area contributed by atoms with Gasteiger partial charge >= 0.3 is 0 Å². The quantitative estimate of drug-likeness (QED) is 0.666. The monoisotopic (exact) mass is 387 g/mol. The number of nitrogens with one attached hydrogen (secondary N) is 2. The predicted molar refractivity (Wildman–Crippen MR) is 116 cm³/mol. The predicted octanol–water partition coefficient (Wildman–Crippen LogP) is 3.95. The molecule has 1 aliphatic rings. The van der Waals surface area contributed by atoms with Crippen LogP contribution in [-0.4, -0.2) is 41.8 Å². The number of rotatable bonds is 4. The van der Waals surface area contributed by atoms with Crippen LogP contribution in [0.3, 0.4) is 0 Å². The molecule has 0 unspecified atom stereocenters. The highest BCUT2D eigenvalue weighted by Gasteiger charge is 2.24. The zero-order valence-corrected chi connectivity index (χ0v) is 16.5.